The van der Waals surface area contributed by atoms with Crippen LogP contribution < -0.4 is 10.1 Å². The van der Waals surface area contributed by atoms with Crippen molar-refractivity contribution in [2.75, 3.05) is 13.7 Å². The van der Waals surface area contributed by atoms with Crippen LogP contribution in [0.25, 0.3) is 0 Å². The lowest BCUT2D eigenvalue weighted by Crippen LogP contribution is -2.39. The van der Waals surface area contributed by atoms with E-state index < -0.39 is 0 Å². The maximum atomic E-state index is 5.53. The summed E-state index contributed by atoms with van der Waals surface area (Å²) in [7, 11) is 1.76. The Balaban J connectivity index is 2.76. The van der Waals surface area contributed by atoms with Gasteiger partial charge in [-0.2, -0.15) is 0 Å². The second kappa shape index (κ2) is 6.42. The summed E-state index contributed by atoms with van der Waals surface area (Å²) in [5.41, 5.74) is 4.12. The van der Waals surface area contributed by atoms with Crippen molar-refractivity contribution in [3.05, 3.63) is 28.8 Å². The molecule has 1 rings (SSSR count). The van der Waals surface area contributed by atoms with E-state index in [1.54, 1.807) is 7.11 Å². The summed E-state index contributed by atoms with van der Waals surface area (Å²) in [5.74, 6) is 1.62. The Hall–Kier alpha value is -1.02. The standard InChI is InChI=1S/C17H29NO/c1-12-8-14(3)15(16(10-12)19-7)9-13(2)11-18-17(4,5)6/h8,10,13,18H,9,11H2,1-7H3. The van der Waals surface area contributed by atoms with Crippen LogP contribution in [0.5, 0.6) is 5.75 Å². The molecule has 0 saturated carbocycles. The lowest BCUT2D eigenvalue weighted by atomic mass is 9.94. The highest BCUT2D eigenvalue weighted by molar-refractivity contribution is 5.43. The molecule has 19 heavy (non-hydrogen) atoms. The van der Waals surface area contributed by atoms with E-state index >= 15 is 0 Å². The molecule has 108 valence electrons. The topological polar surface area (TPSA) is 21.3 Å². The highest BCUT2D eigenvalue weighted by Gasteiger charge is 2.14. The number of hydrogen-bond donors (Lipinski definition) is 1. The van der Waals surface area contributed by atoms with Gasteiger partial charge in [0.25, 0.3) is 0 Å². The zero-order chi connectivity index (χ0) is 14.6. The van der Waals surface area contributed by atoms with Crippen LogP contribution in [-0.2, 0) is 6.42 Å². The van der Waals surface area contributed by atoms with Crippen molar-refractivity contribution >= 4 is 0 Å². The van der Waals surface area contributed by atoms with Gasteiger partial charge in [0.2, 0.25) is 0 Å². The van der Waals surface area contributed by atoms with Crippen LogP contribution in [0.1, 0.15) is 44.4 Å². The molecule has 0 amide bonds. The quantitative estimate of drug-likeness (QED) is 0.870. The van der Waals surface area contributed by atoms with Gasteiger partial charge in [0.1, 0.15) is 5.75 Å². The van der Waals surface area contributed by atoms with Gasteiger partial charge in [-0.25, -0.2) is 0 Å². The van der Waals surface area contributed by atoms with E-state index in [2.05, 4.69) is 59.0 Å². The molecule has 0 fully saturated rings. The number of aryl methyl sites for hydroxylation is 2. The third kappa shape index (κ3) is 5.23. The van der Waals surface area contributed by atoms with Crippen molar-refractivity contribution in [3.63, 3.8) is 0 Å². The van der Waals surface area contributed by atoms with Crippen LogP contribution in [0.3, 0.4) is 0 Å². The first kappa shape index (κ1) is 16.0. The Kier molecular flexibility index (Phi) is 5.42. The Morgan fingerprint density at radius 2 is 1.84 bits per heavy atom. The third-order valence-corrected chi connectivity index (χ3v) is 3.33. The molecule has 0 radical (unpaired) electrons. The Morgan fingerprint density at radius 1 is 1.21 bits per heavy atom. The minimum absolute atomic E-state index is 0.181. The van der Waals surface area contributed by atoms with Crippen molar-refractivity contribution in [1.82, 2.24) is 5.32 Å². The largest absolute Gasteiger partial charge is 0.496 e. The predicted molar refractivity (Wildman–Crippen MR) is 83.1 cm³/mol. The molecular weight excluding hydrogens is 234 g/mol. The molecule has 1 aromatic rings. The number of methoxy groups -OCH3 is 1. The van der Waals surface area contributed by atoms with E-state index in [0.717, 1.165) is 18.7 Å². The lowest BCUT2D eigenvalue weighted by Gasteiger charge is -2.24. The molecule has 0 saturated heterocycles. The van der Waals surface area contributed by atoms with Crippen LogP contribution in [0.4, 0.5) is 0 Å². The summed E-state index contributed by atoms with van der Waals surface area (Å²) in [5, 5.41) is 3.57. The van der Waals surface area contributed by atoms with E-state index in [0.29, 0.717) is 5.92 Å². The van der Waals surface area contributed by atoms with Gasteiger partial charge in [0, 0.05) is 5.54 Å². The van der Waals surface area contributed by atoms with E-state index in [1.807, 2.05) is 0 Å². The molecule has 0 aliphatic heterocycles. The highest BCUT2D eigenvalue weighted by Crippen LogP contribution is 2.26. The van der Waals surface area contributed by atoms with Gasteiger partial charge in [0.05, 0.1) is 7.11 Å². The average molecular weight is 263 g/mol. The van der Waals surface area contributed by atoms with Crippen LogP contribution >= 0.6 is 0 Å². The first-order valence-electron chi connectivity index (χ1n) is 7.12. The van der Waals surface area contributed by atoms with Gasteiger partial charge in [0.15, 0.2) is 0 Å². The van der Waals surface area contributed by atoms with E-state index in [1.165, 1.54) is 16.7 Å². The van der Waals surface area contributed by atoms with Gasteiger partial charge in [-0.15, -0.1) is 0 Å². The van der Waals surface area contributed by atoms with Gasteiger partial charge >= 0.3 is 0 Å². The summed E-state index contributed by atoms with van der Waals surface area (Å²) in [6.07, 6.45) is 1.05. The molecule has 0 aliphatic rings. The van der Waals surface area contributed by atoms with Crippen molar-refractivity contribution in [1.29, 1.82) is 0 Å². The van der Waals surface area contributed by atoms with Crippen LogP contribution in [-0.4, -0.2) is 19.2 Å². The molecule has 1 unspecified atom stereocenters. The van der Waals surface area contributed by atoms with Gasteiger partial charge in [-0.1, -0.05) is 13.0 Å². The molecular formula is C17H29NO. The maximum absolute atomic E-state index is 5.53. The molecule has 2 nitrogen and oxygen atoms in total. The number of benzene rings is 1. The fraction of sp³-hybridized carbons (Fsp3) is 0.647. The summed E-state index contributed by atoms with van der Waals surface area (Å²) in [6.45, 7) is 14.2. The van der Waals surface area contributed by atoms with Crippen molar-refractivity contribution < 1.29 is 4.74 Å². The third-order valence-electron chi connectivity index (χ3n) is 3.33. The minimum atomic E-state index is 0.181. The van der Waals surface area contributed by atoms with Crippen LogP contribution in [0, 0.1) is 19.8 Å². The number of rotatable bonds is 5. The van der Waals surface area contributed by atoms with Crippen LogP contribution in [0.15, 0.2) is 12.1 Å². The number of nitrogens with one attached hydrogen (secondary N) is 1. The summed E-state index contributed by atoms with van der Waals surface area (Å²) < 4.78 is 5.53. The fourth-order valence-electron chi connectivity index (χ4n) is 2.30. The van der Waals surface area contributed by atoms with E-state index in [9.17, 15) is 0 Å². The molecule has 0 aliphatic carbocycles. The second-order valence-electron chi connectivity index (χ2n) is 6.70. The zero-order valence-electron chi connectivity index (χ0n) is 13.6. The molecule has 0 spiro atoms. The van der Waals surface area contributed by atoms with Crippen molar-refractivity contribution in [3.8, 4) is 5.75 Å². The zero-order valence-corrected chi connectivity index (χ0v) is 13.6. The number of ether oxygens (including phenoxy) is 1. The average Bonchev–Trinajstić information content (AvgIpc) is 2.28. The van der Waals surface area contributed by atoms with Gasteiger partial charge < -0.3 is 10.1 Å². The SMILES string of the molecule is COc1cc(C)cc(C)c1CC(C)CNC(C)(C)C. The van der Waals surface area contributed by atoms with Crippen LogP contribution in [0.2, 0.25) is 0 Å². The summed E-state index contributed by atoms with van der Waals surface area (Å²) in [6, 6.07) is 4.37. The smallest absolute Gasteiger partial charge is 0.122 e. The Morgan fingerprint density at radius 3 is 2.37 bits per heavy atom. The first-order valence-corrected chi connectivity index (χ1v) is 7.12. The fourth-order valence-corrected chi connectivity index (χ4v) is 2.30. The molecule has 1 atom stereocenters. The van der Waals surface area contributed by atoms with Gasteiger partial charge in [-0.05, 0) is 76.3 Å². The molecule has 0 bridgehead atoms. The monoisotopic (exact) mass is 263 g/mol. The van der Waals surface area contributed by atoms with Gasteiger partial charge in [-0.3, -0.25) is 0 Å². The van der Waals surface area contributed by atoms with Crippen molar-refractivity contribution in [2.24, 2.45) is 5.92 Å². The molecule has 0 heterocycles. The predicted octanol–water partition coefficient (Wildman–Crippen LogP) is 3.88. The summed E-state index contributed by atoms with van der Waals surface area (Å²) in [4.78, 5) is 0. The Labute approximate surface area is 118 Å². The molecule has 2 heteroatoms. The minimum Gasteiger partial charge on any atom is -0.496 e. The molecule has 1 N–H and O–H groups in total. The van der Waals surface area contributed by atoms with E-state index in [-0.39, 0.29) is 5.54 Å². The maximum Gasteiger partial charge on any atom is 0.122 e. The molecule has 1 aromatic carbocycles. The van der Waals surface area contributed by atoms with Crippen molar-refractivity contribution in [2.45, 2.75) is 53.5 Å². The molecule has 0 aromatic heterocycles. The normalized spacial score (nSPS) is 13.4. The lowest BCUT2D eigenvalue weighted by molar-refractivity contribution is 0.373. The second-order valence-corrected chi connectivity index (χ2v) is 6.70. The Bertz CT molecular complexity index is 418. The summed E-state index contributed by atoms with van der Waals surface area (Å²) >= 11 is 0. The highest BCUT2D eigenvalue weighted by atomic mass is 16.5. The van der Waals surface area contributed by atoms with E-state index in [4.69, 9.17) is 4.74 Å². The number of hydrogen-bond acceptors (Lipinski definition) is 2. The first-order chi connectivity index (χ1) is 8.73.